The molecule has 0 spiro atoms. The molecule has 0 saturated heterocycles. The Labute approximate surface area is 122 Å². The van der Waals surface area contributed by atoms with Gasteiger partial charge in [-0.3, -0.25) is 9.67 Å². The zero-order valence-corrected chi connectivity index (χ0v) is 12.9. The number of nitrogens with one attached hydrogen (secondary N) is 1. The van der Waals surface area contributed by atoms with Crippen LogP contribution in [0.2, 0.25) is 0 Å². The van der Waals surface area contributed by atoms with E-state index in [0.29, 0.717) is 6.04 Å². The van der Waals surface area contributed by atoms with Crippen molar-refractivity contribution in [3.05, 3.63) is 46.5 Å². The van der Waals surface area contributed by atoms with Crippen LogP contribution in [-0.4, -0.2) is 21.8 Å². The summed E-state index contributed by atoms with van der Waals surface area (Å²) in [5.74, 6) is 0. The first kappa shape index (κ1) is 14.2. The summed E-state index contributed by atoms with van der Waals surface area (Å²) in [5.41, 5.74) is 2.54. The largest absolute Gasteiger partial charge is 0.312 e. The van der Waals surface area contributed by atoms with Gasteiger partial charge in [0.1, 0.15) is 0 Å². The minimum absolute atomic E-state index is 0.296. The van der Waals surface area contributed by atoms with Crippen molar-refractivity contribution >= 4 is 15.9 Å². The molecule has 2 rings (SSSR count). The predicted octanol–water partition coefficient (Wildman–Crippen LogP) is 2.95. The number of hydrogen-bond acceptors (Lipinski definition) is 3. The van der Waals surface area contributed by atoms with Crippen molar-refractivity contribution in [1.82, 2.24) is 20.1 Å². The highest BCUT2D eigenvalue weighted by molar-refractivity contribution is 9.10. The van der Waals surface area contributed by atoms with Gasteiger partial charge in [0.05, 0.1) is 22.4 Å². The van der Waals surface area contributed by atoms with Gasteiger partial charge in [0, 0.05) is 18.9 Å². The zero-order valence-electron chi connectivity index (χ0n) is 11.3. The van der Waals surface area contributed by atoms with Gasteiger partial charge in [-0.25, -0.2) is 0 Å². The van der Waals surface area contributed by atoms with Gasteiger partial charge in [0.2, 0.25) is 0 Å². The third-order valence-corrected chi connectivity index (χ3v) is 3.89. The maximum Gasteiger partial charge on any atom is 0.0695 e. The van der Waals surface area contributed by atoms with Crippen LogP contribution in [0.3, 0.4) is 0 Å². The summed E-state index contributed by atoms with van der Waals surface area (Å²) in [5, 5.41) is 7.76. The molecular formula is C14H19BrN4. The Morgan fingerprint density at radius 3 is 2.74 bits per heavy atom. The van der Waals surface area contributed by atoms with E-state index in [0.717, 1.165) is 23.9 Å². The molecule has 4 nitrogen and oxygen atoms in total. The van der Waals surface area contributed by atoms with Crippen LogP contribution in [0.25, 0.3) is 0 Å². The number of hydrogen-bond donors (Lipinski definition) is 1. The van der Waals surface area contributed by atoms with Crippen molar-refractivity contribution < 1.29 is 0 Å². The van der Waals surface area contributed by atoms with Gasteiger partial charge in [-0.2, -0.15) is 5.10 Å². The van der Waals surface area contributed by atoms with Gasteiger partial charge in [-0.15, -0.1) is 0 Å². The quantitative estimate of drug-likeness (QED) is 0.889. The summed E-state index contributed by atoms with van der Waals surface area (Å²) in [7, 11) is 2.00. The molecule has 2 heterocycles. The maximum atomic E-state index is 4.38. The molecule has 5 heteroatoms. The Morgan fingerprint density at radius 2 is 2.11 bits per heavy atom. The Morgan fingerprint density at radius 1 is 1.37 bits per heavy atom. The highest BCUT2D eigenvalue weighted by atomic mass is 79.9. The molecular weight excluding hydrogens is 304 g/mol. The standard InChI is InChI=1S/C14H19BrN4/c1-3-19-14(12(15)10-18-19)13(16-2)5-4-11-6-8-17-9-7-11/h6-10,13,16H,3-5H2,1-2H3. The third-order valence-electron chi connectivity index (χ3n) is 3.28. The highest BCUT2D eigenvalue weighted by Gasteiger charge is 2.17. The van der Waals surface area contributed by atoms with Crippen LogP contribution in [0, 0.1) is 0 Å². The minimum Gasteiger partial charge on any atom is -0.312 e. The van der Waals surface area contributed by atoms with E-state index in [2.05, 4.69) is 50.4 Å². The van der Waals surface area contributed by atoms with Crippen molar-refractivity contribution in [2.75, 3.05) is 7.05 Å². The number of aryl methyl sites for hydroxylation is 2. The first-order chi connectivity index (χ1) is 9.26. The molecule has 102 valence electrons. The normalized spacial score (nSPS) is 12.6. The number of pyridine rings is 1. The molecule has 0 aliphatic heterocycles. The molecule has 1 atom stereocenters. The molecule has 0 radical (unpaired) electrons. The molecule has 0 aliphatic carbocycles. The first-order valence-corrected chi connectivity index (χ1v) is 7.33. The average molecular weight is 323 g/mol. The second-order valence-electron chi connectivity index (χ2n) is 4.43. The maximum absolute atomic E-state index is 4.38. The molecule has 2 aromatic heterocycles. The van der Waals surface area contributed by atoms with Crippen LogP contribution in [0.5, 0.6) is 0 Å². The SMILES string of the molecule is CCn1ncc(Br)c1C(CCc1ccncc1)NC. The summed E-state index contributed by atoms with van der Waals surface area (Å²) >= 11 is 3.59. The monoisotopic (exact) mass is 322 g/mol. The number of nitrogens with zero attached hydrogens (tertiary/aromatic N) is 3. The molecule has 0 saturated carbocycles. The van der Waals surface area contributed by atoms with Crippen molar-refractivity contribution in [2.45, 2.75) is 32.4 Å². The van der Waals surface area contributed by atoms with Crippen LogP contribution in [0.4, 0.5) is 0 Å². The van der Waals surface area contributed by atoms with Crippen molar-refractivity contribution in [2.24, 2.45) is 0 Å². The Balaban J connectivity index is 2.10. The van der Waals surface area contributed by atoms with Gasteiger partial charge >= 0.3 is 0 Å². The lowest BCUT2D eigenvalue weighted by molar-refractivity contribution is 0.487. The van der Waals surface area contributed by atoms with E-state index in [-0.39, 0.29) is 0 Å². The molecule has 1 unspecified atom stereocenters. The van der Waals surface area contributed by atoms with Gasteiger partial charge in [0.25, 0.3) is 0 Å². The molecule has 0 bridgehead atoms. The fourth-order valence-electron chi connectivity index (χ4n) is 2.25. The highest BCUT2D eigenvalue weighted by Crippen LogP contribution is 2.26. The summed E-state index contributed by atoms with van der Waals surface area (Å²) in [6, 6.07) is 4.43. The molecule has 0 amide bonds. The summed E-state index contributed by atoms with van der Waals surface area (Å²) < 4.78 is 3.11. The molecule has 0 aliphatic rings. The molecule has 1 N–H and O–H groups in total. The van der Waals surface area contributed by atoms with Gasteiger partial charge in [-0.1, -0.05) is 0 Å². The second kappa shape index (κ2) is 6.82. The van der Waals surface area contributed by atoms with Crippen molar-refractivity contribution in [3.63, 3.8) is 0 Å². The van der Waals surface area contributed by atoms with Gasteiger partial charge < -0.3 is 5.32 Å². The van der Waals surface area contributed by atoms with Crippen molar-refractivity contribution in [1.29, 1.82) is 0 Å². The minimum atomic E-state index is 0.296. The van der Waals surface area contributed by atoms with Crippen LogP contribution in [0.1, 0.15) is 30.6 Å². The Bertz CT molecular complexity index is 509. The van der Waals surface area contributed by atoms with Crippen LogP contribution < -0.4 is 5.32 Å². The fourth-order valence-corrected chi connectivity index (χ4v) is 2.82. The van der Waals surface area contributed by atoms with Crippen LogP contribution >= 0.6 is 15.9 Å². The van der Waals surface area contributed by atoms with Crippen molar-refractivity contribution in [3.8, 4) is 0 Å². The number of aromatic nitrogens is 3. The summed E-state index contributed by atoms with van der Waals surface area (Å²) in [4.78, 5) is 4.05. The predicted molar refractivity (Wildman–Crippen MR) is 80.0 cm³/mol. The van der Waals surface area contributed by atoms with E-state index >= 15 is 0 Å². The molecule has 2 aromatic rings. The number of halogens is 1. The third kappa shape index (κ3) is 3.42. The van der Waals surface area contributed by atoms with E-state index in [1.807, 2.05) is 30.3 Å². The zero-order chi connectivity index (χ0) is 13.7. The van der Waals surface area contributed by atoms with E-state index in [1.54, 1.807) is 0 Å². The summed E-state index contributed by atoms with van der Waals surface area (Å²) in [6.07, 6.45) is 7.61. The Hall–Kier alpha value is -1.20. The molecule has 19 heavy (non-hydrogen) atoms. The molecule has 0 aromatic carbocycles. The van der Waals surface area contributed by atoms with E-state index in [1.165, 1.54) is 11.3 Å². The lowest BCUT2D eigenvalue weighted by Gasteiger charge is -2.18. The number of rotatable bonds is 6. The van der Waals surface area contributed by atoms with Crippen LogP contribution in [0.15, 0.2) is 35.2 Å². The topological polar surface area (TPSA) is 42.7 Å². The molecule has 0 fully saturated rings. The first-order valence-electron chi connectivity index (χ1n) is 6.53. The van der Waals surface area contributed by atoms with E-state index in [4.69, 9.17) is 0 Å². The average Bonchev–Trinajstić information content (AvgIpc) is 2.82. The fraction of sp³-hybridized carbons (Fsp3) is 0.429. The smallest absolute Gasteiger partial charge is 0.0695 e. The van der Waals surface area contributed by atoms with E-state index in [9.17, 15) is 0 Å². The van der Waals surface area contributed by atoms with E-state index < -0.39 is 0 Å². The Kier molecular flexibility index (Phi) is 5.10. The lowest BCUT2D eigenvalue weighted by atomic mass is 10.0. The second-order valence-corrected chi connectivity index (χ2v) is 5.28. The van der Waals surface area contributed by atoms with Gasteiger partial charge in [0.15, 0.2) is 0 Å². The summed E-state index contributed by atoms with van der Waals surface area (Å²) in [6.45, 7) is 2.99. The van der Waals surface area contributed by atoms with Gasteiger partial charge in [-0.05, 0) is 60.4 Å². The lowest BCUT2D eigenvalue weighted by Crippen LogP contribution is -2.21. The van der Waals surface area contributed by atoms with Crippen LogP contribution in [-0.2, 0) is 13.0 Å².